The summed E-state index contributed by atoms with van der Waals surface area (Å²) in [5.41, 5.74) is 0.973. The van der Waals surface area contributed by atoms with Gasteiger partial charge in [-0.15, -0.1) is 0 Å². The number of amides is 2. The average Bonchev–Trinajstić information content (AvgIpc) is 2.79. The lowest BCUT2D eigenvalue weighted by atomic mass is 10.00. The van der Waals surface area contributed by atoms with Crippen LogP contribution in [0.3, 0.4) is 0 Å². The average molecular weight is 395 g/mol. The number of benzene rings is 1. The molecule has 0 aliphatic carbocycles. The number of aromatic nitrogens is 2. The number of carbonyl (C=O) groups is 2. The third kappa shape index (κ3) is 4.16. The van der Waals surface area contributed by atoms with Crippen LogP contribution in [0.5, 0.6) is 0 Å². The van der Waals surface area contributed by atoms with Crippen LogP contribution in [-0.2, 0) is 4.79 Å². The van der Waals surface area contributed by atoms with Crippen LogP contribution >= 0.6 is 0 Å². The Hall–Kier alpha value is -3.16. The fraction of sp³-hybridized carbons (Fsp3) is 0.429. The van der Waals surface area contributed by atoms with E-state index in [1.165, 1.54) is 17.8 Å². The van der Waals surface area contributed by atoms with E-state index in [0.717, 1.165) is 25.9 Å². The van der Waals surface area contributed by atoms with Gasteiger partial charge in [-0.3, -0.25) is 14.4 Å². The first-order valence-corrected chi connectivity index (χ1v) is 10.1. The summed E-state index contributed by atoms with van der Waals surface area (Å²) >= 11 is 0. The summed E-state index contributed by atoms with van der Waals surface area (Å²) in [5, 5.41) is 6.14. The molecule has 1 atom stereocenters. The van der Waals surface area contributed by atoms with Gasteiger partial charge in [-0.05, 0) is 37.5 Å². The highest BCUT2D eigenvalue weighted by Gasteiger charge is 2.36. The lowest BCUT2D eigenvalue weighted by Crippen LogP contribution is -2.57. The van der Waals surface area contributed by atoms with Crippen molar-refractivity contribution in [2.24, 2.45) is 0 Å². The van der Waals surface area contributed by atoms with Crippen molar-refractivity contribution in [1.82, 2.24) is 20.0 Å². The number of piperazine rings is 1. The summed E-state index contributed by atoms with van der Waals surface area (Å²) < 4.78 is 0. The van der Waals surface area contributed by atoms with E-state index in [4.69, 9.17) is 0 Å². The highest BCUT2D eigenvalue weighted by Crippen LogP contribution is 2.22. The molecular formula is C21H25N5O3. The fourth-order valence-electron chi connectivity index (χ4n) is 4.08. The van der Waals surface area contributed by atoms with Gasteiger partial charge in [0.1, 0.15) is 11.7 Å². The molecular weight excluding hydrogens is 370 g/mol. The normalized spacial score (nSPS) is 19.9. The lowest BCUT2D eigenvalue weighted by molar-refractivity contribution is -0.137. The zero-order valence-electron chi connectivity index (χ0n) is 16.3. The van der Waals surface area contributed by atoms with Crippen LogP contribution in [0.4, 0.5) is 5.69 Å². The van der Waals surface area contributed by atoms with Gasteiger partial charge in [0.25, 0.3) is 11.5 Å². The number of aromatic amines is 1. The van der Waals surface area contributed by atoms with Crippen molar-refractivity contribution in [3.63, 3.8) is 0 Å². The number of likely N-dealkylation sites (tertiary alicyclic amines) is 1. The molecule has 2 saturated heterocycles. The smallest absolute Gasteiger partial charge is 0.274 e. The summed E-state index contributed by atoms with van der Waals surface area (Å²) in [6, 6.07) is 12.4. The maximum atomic E-state index is 13.2. The zero-order valence-corrected chi connectivity index (χ0v) is 16.3. The van der Waals surface area contributed by atoms with E-state index < -0.39 is 6.04 Å². The van der Waals surface area contributed by atoms with Gasteiger partial charge in [0.15, 0.2) is 0 Å². The third-order valence-electron chi connectivity index (χ3n) is 5.66. The van der Waals surface area contributed by atoms with E-state index in [1.54, 1.807) is 4.90 Å². The predicted octanol–water partition coefficient (Wildman–Crippen LogP) is 1.11. The van der Waals surface area contributed by atoms with Crippen molar-refractivity contribution in [2.45, 2.75) is 25.3 Å². The zero-order chi connectivity index (χ0) is 20.2. The molecule has 1 N–H and O–H groups in total. The fourth-order valence-corrected chi connectivity index (χ4v) is 4.08. The van der Waals surface area contributed by atoms with Crippen LogP contribution in [0.25, 0.3) is 0 Å². The molecule has 1 aromatic heterocycles. The lowest BCUT2D eigenvalue weighted by Gasteiger charge is -2.41. The molecule has 8 heteroatoms. The van der Waals surface area contributed by atoms with E-state index in [9.17, 15) is 14.4 Å². The molecule has 3 heterocycles. The molecule has 0 radical (unpaired) electrons. The SMILES string of the molecule is O=C(C1CCCCN1C(=O)c1ccc(=O)[nH]n1)N1CCN(c2ccccc2)CC1. The number of piperidine rings is 1. The Bertz CT molecular complexity index is 901. The van der Waals surface area contributed by atoms with Crippen LogP contribution in [-0.4, -0.2) is 70.6 Å². The Morgan fingerprint density at radius 1 is 0.931 bits per heavy atom. The van der Waals surface area contributed by atoms with E-state index >= 15 is 0 Å². The van der Waals surface area contributed by atoms with Gasteiger partial charge < -0.3 is 14.7 Å². The first-order chi connectivity index (χ1) is 14.1. The molecule has 152 valence electrons. The molecule has 2 amide bonds. The van der Waals surface area contributed by atoms with Gasteiger partial charge in [0, 0.05) is 44.5 Å². The van der Waals surface area contributed by atoms with Crippen molar-refractivity contribution in [3.05, 3.63) is 58.5 Å². The van der Waals surface area contributed by atoms with E-state index in [2.05, 4.69) is 27.2 Å². The highest BCUT2D eigenvalue weighted by molar-refractivity contribution is 5.96. The van der Waals surface area contributed by atoms with Crippen molar-refractivity contribution in [3.8, 4) is 0 Å². The van der Waals surface area contributed by atoms with E-state index in [1.807, 2.05) is 23.1 Å². The Morgan fingerprint density at radius 2 is 1.69 bits per heavy atom. The summed E-state index contributed by atoms with van der Waals surface area (Å²) in [6.45, 7) is 3.36. The minimum Gasteiger partial charge on any atom is -0.368 e. The van der Waals surface area contributed by atoms with Crippen molar-refractivity contribution in [1.29, 1.82) is 0 Å². The van der Waals surface area contributed by atoms with E-state index in [0.29, 0.717) is 26.1 Å². The summed E-state index contributed by atoms with van der Waals surface area (Å²) in [6.07, 6.45) is 2.44. The number of para-hydroxylation sites is 1. The van der Waals surface area contributed by atoms with E-state index in [-0.39, 0.29) is 23.1 Å². The second kappa shape index (κ2) is 8.46. The van der Waals surface area contributed by atoms with Crippen molar-refractivity contribution in [2.75, 3.05) is 37.6 Å². The molecule has 0 spiro atoms. The van der Waals surface area contributed by atoms with Gasteiger partial charge in [0.2, 0.25) is 5.91 Å². The summed E-state index contributed by atoms with van der Waals surface area (Å²) in [4.78, 5) is 43.1. The van der Waals surface area contributed by atoms with Gasteiger partial charge in [-0.1, -0.05) is 18.2 Å². The van der Waals surface area contributed by atoms with Crippen LogP contribution in [0.15, 0.2) is 47.3 Å². The molecule has 2 aromatic rings. The second-order valence-electron chi connectivity index (χ2n) is 7.46. The predicted molar refractivity (Wildman–Crippen MR) is 109 cm³/mol. The van der Waals surface area contributed by atoms with Crippen LogP contribution in [0.2, 0.25) is 0 Å². The Morgan fingerprint density at radius 3 is 2.38 bits per heavy atom. The number of rotatable bonds is 3. The van der Waals surface area contributed by atoms with Crippen LogP contribution in [0, 0.1) is 0 Å². The Kier molecular flexibility index (Phi) is 5.59. The standard InChI is InChI=1S/C21H25N5O3/c27-19-10-9-17(22-23-19)20(28)26-11-5-4-8-18(26)21(29)25-14-12-24(13-15-25)16-6-2-1-3-7-16/h1-3,6-7,9-10,18H,4-5,8,11-15H2,(H,23,27). The van der Waals surface area contributed by atoms with Crippen LogP contribution < -0.4 is 10.5 Å². The highest BCUT2D eigenvalue weighted by atomic mass is 16.2. The number of anilines is 1. The first-order valence-electron chi connectivity index (χ1n) is 10.1. The quantitative estimate of drug-likeness (QED) is 0.841. The second-order valence-corrected chi connectivity index (χ2v) is 7.46. The first kappa shape index (κ1) is 19.2. The monoisotopic (exact) mass is 395 g/mol. The Labute approximate surface area is 169 Å². The maximum Gasteiger partial charge on any atom is 0.274 e. The number of carbonyl (C=O) groups excluding carboxylic acids is 2. The minimum atomic E-state index is -0.465. The molecule has 4 rings (SSSR count). The summed E-state index contributed by atoms with van der Waals surface area (Å²) in [5.74, 6) is -0.294. The molecule has 2 fully saturated rings. The van der Waals surface area contributed by atoms with Crippen LogP contribution in [0.1, 0.15) is 29.8 Å². The number of nitrogens with one attached hydrogen (secondary N) is 1. The number of nitrogens with zero attached hydrogens (tertiary/aromatic N) is 4. The minimum absolute atomic E-state index is 0.00943. The molecule has 29 heavy (non-hydrogen) atoms. The van der Waals surface area contributed by atoms with Gasteiger partial charge >= 0.3 is 0 Å². The van der Waals surface area contributed by atoms with Gasteiger partial charge in [-0.2, -0.15) is 5.10 Å². The number of hydrogen-bond acceptors (Lipinski definition) is 5. The summed E-state index contributed by atoms with van der Waals surface area (Å²) in [7, 11) is 0. The number of hydrogen-bond donors (Lipinski definition) is 1. The maximum absolute atomic E-state index is 13.2. The molecule has 1 aromatic carbocycles. The number of H-pyrrole nitrogens is 1. The molecule has 2 aliphatic rings. The molecule has 2 aliphatic heterocycles. The Balaban J connectivity index is 1.43. The molecule has 0 saturated carbocycles. The largest absolute Gasteiger partial charge is 0.368 e. The van der Waals surface area contributed by atoms with Crippen molar-refractivity contribution < 1.29 is 9.59 Å². The topological polar surface area (TPSA) is 89.6 Å². The molecule has 0 bridgehead atoms. The third-order valence-corrected chi connectivity index (χ3v) is 5.66. The van der Waals surface area contributed by atoms with Crippen molar-refractivity contribution >= 4 is 17.5 Å². The van der Waals surface area contributed by atoms with Gasteiger partial charge in [0.05, 0.1) is 0 Å². The van der Waals surface area contributed by atoms with Gasteiger partial charge in [-0.25, -0.2) is 5.10 Å². The molecule has 8 nitrogen and oxygen atoms in total. The molecule has 1 unspecified atom stereocenters.